The van der Waals surface area contributed by atoms with Crippen molar-refractivity contribution in [2.75, 3.05) is 26.3 Å². The summed E-state index contributed by atoms with van der Waals surface area (Å²) in [6.07, 6.45) is 8.94. The first-order valence-electron chi connectivity index (χ1n) is 9.73. The van der Waals surface area contributed by atoms with E-state index in [1.807, 2.05) is 17.1 Å². The summed E-state index contributed by atoms with van der Waals surface area (Å²) in [7, 11) is 0. The molecule has 2 aliphatic carbocycles. The van der Waals surface area contributed by atoms with Gasteiger partial charge in [-0.05, 0) is 42.7 Å². The highest BCUT2D eigenvalue weighted by Crippen LogP contribution is 2.45. The number of morpholine rings is 1. The normalized spacial score (nSPS) is 27.6. The Kier molecular flexibility index (Phi) is 4.87. The van der Waals surface area contributed by atoms with Crippen molar-refractivity contribution in [1.82, 2.24) is 4.90 Å². The number of ether oxygens (including phenoxy) is 1. The molecule has 142 valence electrons. The third-order valence-electron chi connectivity index (χ3n) is 6.28. The highest BCUT2D eigenvalue weighted by molar-refractivity contribution is 5.96. The van der Waals surface area contributed by atoms with Gasteiger partial charge in [0.1, 0.15) is 0 Å². The molecule has 1 fully saturated rings. The molecule has 2 unspecified atom stereocenters. The van der Waals surface area contributed by atoms with Crippen molar-refractivity contribution >= 4 is 11.8 Å². The van der Waals surface area contributed by atoms with Crippen LogP contribution in [0.5, 0.6) is 0 Å². The van der Waals surface area contributed by atoms with Gasteiger partial charge in [0, 0.05) is 18.7 Å². The van der Waals surface area contributed by atoms with Crippen LogP contribution in [0.2, 0.25) is 0 Å². The van der Waals surface area contributed by atoms with Crippen molar-refractivity contribution in [1.29, 1.82) is 0 Å². The quantitative estimate of drug-likeness (QED) is 0.889. The smallest absolute Gasteiger partial charge is 0.248 e. The highest BCUT2D eigenvalue weighted by Gasteiger charge is 2.47. The Morgan fingerprint density at radius 2 is 1.89 bits per heavy atom. The van der Waals surface area contributed by atoms with E-state index in [1.165, 1.54) is 11.1 Å². The summed E-state index contributed by atoms with van der Waals surface area (Å²) in [6, 6.07) is 8.51. The van der Waals surface area contributed by atoms with E-state index in [0.717, 1.165) is 19.3 Å². The van der Waals surface area contributed by atoms with Gasteiger partial charge in [-0.2, -0.15) is 0 Å². The average Bonchev–Trinajstić information content (AvgIpc) is 2.73. The summed E-state index contributed by atoms with van der Waals surface area (Å²) in [6.45, 7) is 2.43. The first-order chi connectivity index (χ1) is 13.1. The molecule has 0 spiro atoms. The van der Waals surface area contributed by atoms with Gasteiger partial charge in [0.2, 0.25) is 11.8 Å². The Morgan fingerprint density at radius 3 is 2.56 bits per heavy atom. The monoisotopic (exact) mass is 366 g/mol. The summed E-state index contributed by atoms with van der Waals surface area (Å²) in [4.78, 5) is 27.1. The van der Waals surface area contributed by atoms with Gasteiger partial charge in [-0.3, -0.25) is 9.59 Å². The number of allylic oxidation sites excluding steroid dienone is 1. The van der Waals surface area contributed by atoms with Crippen LogP contribution in [-0.2, 0) is 27.2 Å². The maximum absolute atomic E-state index is 13.6. The second-order valence-electron chi connectivity index (χ2n) is 7.71. The number of fused-ring (bicyclic) bond motifs is 1. The number of benzene rings is 1. The molecule has 1 saturated heterocycles. The fourth-order valence-electron chi connectivity index (χ4n) is 4.67. The molecule has 0 saturated carbocycles. The standard InChI is InChI=1S/C22H26N2O3/c23-20(25)17-7-9-22(10-8-17,21(26)24-11-13-27-14-12-24)19-6-5-16-3-1-2-4-18(16)15-19/h1-4,7-9,19H,5-6,10-15H2,(H2,23,25). The molecule has 4 rings (SSSR count). The molecule has 1 heterocycles. The van der Waals surface area contributed by atoms with Gasteiger partial charge >= 0.3 is 0 Å². The summed E-state index contributed by atoms with van der Waals surface area (Å²) in [5, 5.41) is 0. The minimum Gasteiger partial charge on any atom is -0.378 e. The Bertz CT molecular complexity index is 808. The van der Waals surface area contributed by atoms with Gasteiger partial charge in [-0.25, -0.2) is 0 Å². The van der Waals surface area contributed by atoms with Crippen LogP contribution >= 0.6 is 0 Å². The number of aryl methyl sites for hydroxylation is 1. The number of rotatable bonds is 3. The number of carbonyl (C=O) groups is 2. The van der Waals surface area contributed by atoms with E-state index in [4.69, 9.17) is 10.5 Å². The van der Waals surface area contributed by atoms with E-state index in [9.17, 15) is 9.59 Å². The molecule has 5 nitrogen and oxygen atoms in total. The number of primary amides is 1. The SMILES string of the molecule is NC(=O)C1=CCC(C(=O)N2CCOCC2)(C2CCc3ccccc3C2)C=C1. The second-order valence-corrected chi connectivity index (χ2v) is 7.71. The number of carbonyl (C=O) groups excluding carboxylic acids is 2. The number of nitrogens with two attached hydrogens (primary N) is 1. The van der Waals surface area contributed by atoms with Crippen LogP contribution in [0.15, 0.2) is 48.1 Å². The zero-order valence-corrected chi connectivity index (χ0v) is 15.5. The van der Waals surface area contributed by atoms with Gasteiger partial charge in [-0.1, -0.05) is 42.5 Å². The van der Waals surface area contributed by atoms with Crippen LogP contribution in [0.1, 0.15) is 24.0 Å². The molecular formula is C22H26N2O3. The molecule has 0 radical (unpaired) electrons. The summed E-state index contributed by atoms with van der Waals surface area (Å²) in [5.41, 5.74) is 8.05. The lowest BCUT2D eigenvalue weighted by Crippen LogP contribution is -2.52. The van der Waals surface area contributed by atoms with Gasteiger partial charge in [0.05, 0.1) is 18.6 Å². The molecule has 1 aromatic carbocycles. The van der Waals surface area contributed by atoms with Crippen LogP contribution in [0.3, 0.4) is 0 Å². The minimum absolute atomic E-state index is 0.159. The minimum atomic E-state index is -0.607. The van der Waals surface area contributed by atoms with Gasteiger partial charge in [0.25, 0.3) is 0 Å². The lowest BCUT2D eigenvalue weighted by Gasteiger charge is -2.44. The van der Waals surface area contributed by atoms with Crippen LogP contribution in [0, 0.1) is 11.3 Å². The maximum atomic E-state index is 13.6. The molecule has 0 aromatic heterocycles. The fourth-order valence-corrected chi connectivity index (χ4v) is 4.67. The van der Waals surface area contributed by atoms with E-state index < -0.39 is 11.3 Å². The van der Waals surface area contributed by atoms with Crippen LogP contribution < -0.4 is 5.73 Å². The lowest BCUT2D eigenvalue weighted by atomic mass is 9.63. The van der Waals surface area contributed by atoms with Crippen molar-refractivity contribution in [3.8, 4) is 0 Å². The molecule has 1 aromatic rings. The van der Waals surface area contributed by atoms with E-state index in [1.54, 1.807) is 6.08 Å². The summed E-state index contributed by atoms with van der Waals surface area (Å²) >= 11 is 0. The fraction of sp³-hybridized carbons (Fsp3) is 0.455. The zero-order chi connectivity index (χ0) is 18.9. The Hall–Kier alpha value is -2.40. The first kappa shape index (κ1) is 18.0. The molecule has 0 bridgehead atoms. The lowest BCUT2D eigenvalue weighted by molar-refractivity contribution is -0.146. The third-order valence-corrected chi connectivity index (χ3v) is 6.28. The number of hydrogen-bond acceptors (Lipinski definition) is 3. The second kappa shape index (κ2) is 7.31. The molecular weight excluding hydrogens is 340 g/mol. The van der Waals surface area contributed by atoms with Crippen LogP contribution in [0.25, 0.3) is 0 Å². The largest absolute Gasteiger partial charge is 0.378 e. The van der Waals surface area contributed by atoms with Crippen molar-refractivity contribution in [3.05, 3.63) is 59.2 Å². The molecule has 1 aliphatic heterocycles. The van der Waals surface area contributed by atoms with E-state index >= 15 is 0 Å². The Morgan fingerprint density at radius 1 is 1.15 bits per heavy atom. The van der Waals surface area contributed by atoms with Gasteiger partial charge in [0.15, 0.2) is 0 Å². The summed E-state index contributed by atoms with van der Waals surface area (Å²) < 4.78 is 5.43. The average molecular weight is 366 g/mol. The predicted octanol–water partition coefficient (Wildman–Crippen LogP) is 2.01. The predicted molar refractivity (Wildman–Crippen MR) is 103 cm³/mol. The number of hydrogen-bond donors (Lipinski definition) is 1. The van der Waals surface area contributed by atoms with Gasteiger partial charge in [-0.15, -0.1) is 0 Å². The third kappa shape index (κ3) is 3.32. The molecule has 5 heteroatoms. The molecule has 27 heavy (non-hydrogen) atoms. The number of nitrogens with zero attached hydrogens (tertiary/aromatic N) is 1. The molecule has 2 amide bonds. The topological polar surface area (TPSA) is 72.6 Å². The zero-order valence-electron chi connectivity index (χ0n) is 15.5. The maximum Gasteiger partial charge on any atom is 0.248 e. The van der Waals surface area contributed by atoms with Gasteiger partial charge < -0.3 is 15.4 Å². The van der Waals surface area contributed by atoms with Crippen LogP contribution in [-0.4, -0.2) is 43.0 Å². The van der Waals surface area contributed by atoms with E-state index in [2.05, 4.69) is 24.3 Å². The van der Waals surface area contributed by atoms with E-state index in [0.29, 0.717) is 38.3 Å². The van der Waals surface area contributed by atoms with Crippen molar-refractivity contribution in [2.24, 2.45) is 17.1 Å². The Labute approximate surface area is 159 Å². The number of amides is 2. The first-order valence-corrected chi connectivity index (χ1v) is 9.73. The van der Waals surface area contributed by atoms with E-state index in [-0.39, 0.29) is 11.8 Å². The van der Waals surface area contributed by atoms with Crippen LogP contribution in [0.4, 0.5) is 0 Å². The van der Waals surface area contributed by atoms with Crippen molar-refractivity contribution in [3.63, 3.8) is 0 Å². The van der Waals surface area contributed by atoms with Crippen molar-refractivity contribution in [2.45, 2.75) is 25.7 Å². The Balaban J connectivity index is 1.66. The summed E-state index contributed by atoms with van der Waals surface area (Å²) in [5.74, 6) is -0.0662. The highest BCUT2D eigenvalue weighted by atomic mass is 16.5. The molecule has 3 aliphatic rings. The molecule has 2 atom stereocenters. The van der Waals surface area contributed by atoms with Crippen molar-refractivity contribution < 1.29 is 14.3 Å². The molecule has 2 N–H and O–H groups in total.